The molecule has 3 rings (SSSR count). The predicted octanol–water partition coefficient (Wildman–Crippen LogP) is 3.13. The molecule has 6 heteroatoms. The Hall–Kier alpha value is -2.86. The van der Waals surface area contributed by atoms with E-state index in [1.165, 1.54) is 0 Å². The number of nitrogens with zero attached hydrogens (tertiary/aromatic N) is 1. The monoisotopic (exact) mass is 382 g/mol. The molecule has 2 atom stereocenters. The first kappa shape index (κ1) is 19.9. The lowest BCUT2D eigenvalue weighted by Crippen LogP contribution is -2.48. The third-order valence-electron chi connectivity index (χ3n) is 4.66. The van der Waals surface area contributed by atoms with Gasteiger partial charge in [-0.1, -0.05) is 24.3 Å². The highest BCUT2D eigenvalue weighted by Gasteiger charge is 2.28. The highest BCUT2D eigenvalue weighted by Crippen LogP contribution is 2.21. The zero-order valence-electron chi connectivity index (χ0n) is 16.5. The van der Waals surface area contributed by atoms with Crippen molar-refractivity contribution in [2.75, 3.05) is 25.5 Å². The molecule has 148 valence electrons. The maximum Gasteiger partial charge on any atom is 0.256 e. The van der Waals surface area contributed by atoms with Gasteiger partial charge in [-0.25, -0.2) is 0 Å². The summed E-state index contributed by atoms with van der Waals surface area (Å²) in [5.41, 5.74) is 1.89. The lowest BCUT2D eigenvalue weighted by Gasteiger charge is -2.35. The van der Waals surface area contributed by atoms with Crippen LogP contribution < -0.4 is 10.1 Å². The number of rotatable bonds is 5. The first-order valence-corrected chi connectivity index (χ1v) is 9.43. The molecule has 28 heavy (non-hydrogen) atoms. The predicted molar refractivity (Wildman–Crippen MR) is 108 cm³/mol. The molecule has 2 aromatic carbocycles. The van der Waals surface area contributed by atoms with Gasteiger partial charge in [0.05, 0.1) is 37.0 Å². The van der Waals surface area contributed by atoms with Crippen LogP contribution in [0.5, 0.6) is 5.75 Å². The fourth-order valence-corrected chi connectivity index (χ4v) is 3.42. The molecular formula is C22H26N2O4. The zero-order valence-corrected chi connectivity index (χ0v) is 16.5. The van der Waals surface area contributed by atoms with Gasteiger partial charge in [-0.15, -0.1) is 0 Å². The van der Waals surface area contributed by atoms with Crippen molar-refractivity contribution < 1.29 is 19.1 Å². The first-order valence-electron chi connectivity index (χ1n) is 9.43. The maximum atomic E-state index is 13.0. The van der Waals surface area contributed by atoms with E-state index in [0.29, 0.717) is 24.3 Å². The number of morpholine rings is 1. The molecule has 1 fully saturated rings. The molecule has 2 amide bonds. The third kappa shape index (κ3) is 4.89. The summed E-state index contributed by atoms with van der Waals surface area (Å²) in [6, 6.07) is 14.5. The van der Waals surface area contributed by atoms with Gasteiger partial charge in [0.25, 0.3) is 5.91 Å². The number of carbonyl (C=O) groups excluding carboxylic acids is 2. The number of methoxy groups -OCH3 is 1. The Kier molecular flexibility index (Phi) is 6.31. The van der Waals surface area contributed by atoms with Crippen LogP contribution in [0.25, 0.3) is 0 Å². The molecule has 0 unspecified atom stereocenters. The van der Waals surface area contributed by atoms with Gasteiger partial charge >= 0.3 is 0 Å². The van der Waals surface area contributed by atoms with E-state index in [2.05, 4.69) is 5.32 Å². The Balaban J connectivity index is 1.70. The van der Waals surface area contributed by atoms with Crippen molar-refractivity contribution in [2.45, 2.75) is 32.5 Å². The SMILES string of the molecule is COc1ccc(CC(=O)Nc2ccccc2C(=O)N2C[C@@H](C)O[C@H](C)C2)cc1. The van der Waals surface area contributed by atoms with E-state index in [0.717, 1.165) is 11.3 Å². The molecule has 1 heterocycles. The van der Waals surface area contributed by atoms with Crippen molar-refractivity contribution in [3.05, 3.63) is 59.7 Å². The molecule has 0 bridgehead atoms. The lowest BCUT2D eigenvalue weighted by molar-refractivity contribution is -0.115. The second kappa shape index (κ2) is 8.89. The van der Waals surface area contributed by atoms with E-state index in [9.17, 15) is 9.59 Å². The molecule has 0 radical (unpaired) electrons. The second-order valence-electron chi connectivity index (χ2n) is 7.09. The molecule has 1 aliphatic rings. The summed E-state index contributed by atoms with van der Waals surface area (Å²) in [4.78, 5) is 27.3. The number of nitrogens with one attached hydrogen (secondary N) is 1. The minimum Gasteiger partial charge on any atom is -0.497 e. The molecule has 1 N–H and O–H groups in total. The van der Waals surface area contributed by atoms with Crippen LogP contribution in [0.1, 0.15) is 29.8 Å². The van der Waals surface area contributed by atoms with E-state index in [4.69, 9.17) is 9.47 Å². The van der Waals surface area contributed by atoms with E-state index < -0.39 is 0 Å². The average Bonchev–Trinajstić information content (AvgIpc) is 2.67. The quantitative estimate of drug-likeness (QED) is 0.863. The number of anilines is 1. The first-order chi connectivity index (χ1) is 13.5. The van der Waals surface area contributed by atoms with Crippen LogP contribution in [0.15, 0.2) is 48.5 Å². The summed E-state index contributed by atoms with van der Waals surface area (Å²) in [7, 11) is 1.60. The van der Waals surface area contributed by atoms with Crippen LogP contribution in [0.4, 0.5) is 5.69 Å². The van der Waals surface area contributed by atoms with Gasteiger partial charge in [-0.2, -0.15) is 0 Å². The molecule has 0 spiro atoms. The zero-order chi connectivity index (χ0) is 20.1. The number of para-hydroxylation sites is 1. The van der Waals surface area contributed by atoms with Crippen molar-refractivity contribution in [1.29, 1.82) is 0 Å². The lowest BCUT2D eigenvalue weighted by atomic mass is 10.1. The molecule has 1 aliphatic heterocycles. The van der Waals surface area contributed by atoms with Crippen molar-refractivity contribution >= 4 is 17.5 Å². The second-order valence-corrected chi connectivity index (χ2v) is 7.09. The van der Waals surface area contributed by atoms with Gasteiger partial charge in [-0.3, -0.25) is 9.59 Å². The van der Waals surface area contributed by atoms with Gasteiger partial charge in [0.1, 0.15) is 5.75 Å². The Morgan fingerprint density at radius 2 is 1.71 bits per heavy atom. The average molecular weight is 382 g/mol. The van der Waals surface area contributed by atoms with E-state index in [1.807, 2.05) is 44.2 Å². The summed E-state index contributed by atoms with van der Waals surface area (Å²) < 4.78 is 10.8. The molecule has 0 aliphatic carbocycles. The maximum absolute atomic E-state index is 13.0. The minimum atomic E-state index is -0.172. The van der Waals surface area contributed by atoms with Crippen molar-refractivity contribution in [3.63, 3.8) is 0 Å². The van der Waals surface area contributed by atoms with Crippen LogP contribution in [0, 0.1) is 0 Å². The summed E-state index contributed by atoms with van der Waals surface area (Å²) in [5, 5.41) is 2.88. The minimum absolute atomic E-state index is 0.00970. The highest BCUT2D eigenvalue weighted by atomic mass is 16.5. The largest absolute Gasteiger partial charge is 0.497 e. The molecule has 2 aromatic rings. The van der Waals surface area contributed by atoms with Gasteiger partial charge in [0, 0.05) is 13.1 Å². The van der Waals surface area contributed by atoms with Crippen molar-refractivity contribution in [3.8, 4) is 5.75 Å². The van der Waals surface area contributed by atoms with Crippen LogP contribution in [-0.4, -0.2) is 49.1 Å². The summed E-state index contributed by atoms with van der Waals surface area (Å²) in [5.74, 6) is 0.477. The van der Waals surface area contributed by atoms with Crippen molar-refractivity contribution in [2.24, 2.45) is 0 Å². The summed E-state index contributed by atoms with van der Waals surface area (Å²) in [6.07, 6.45) is 0.201. The van der Waals surface area contributed by atoms with E-state index in [1.54, 1.807) is 30.2 Å². The number of hydrogen-bond donors (Lipinski definition) is 1. The van der Waals surface area contributed by atoms with Gasteiger partial charge in [0.15, 0.2) is 0 Å². The smallest absolute Gasteiger partial charge is 0.256 e. The highest BCUT2D eigenvalue weighted by molar-refractivity contribution is 6.04. The van der Waals surface area contributed by atoms with Gasteiger partial charge < -0.3 is 19.7 Å². The van der Waals surface area contributed by atoms with Crippen molar-refractivity contribution in [1.82, 2.24) is 4.90 Å². The Morgan fingerprint density at radius 3 is 2.36 bits per heavy atom. The molecule has 0 saturated carbocycles. The number of carbonyl (C=O) groups is 2. The van der Waals surface area contributed by atoms with E-state index in [-0.39, 0.29) is 30.4 Å². The van der Waals surface area contributed by atoms with Crippen LogP contribution >= 0.6 is 0 Å². The number of ether oxygens (including phenoxy) is 2. The van der Waals surface area contributed by atoms with E-state index >= 15 is 0 Å². The van der Waals surface area contributed by atoms with Gasteiger partial charge in [-0.05, 0) is 43.7 Å². The Bertz CT molecular complexity index is 825. The van der Waals surface area contributed by atoms with Crippen LogP contribution in [-0.2, 0) is 16.0 Å². The standard InChI is InChI=1S/C22H26N2O4/c1-15-13-24(14-16(2)28-15)22(26)19-6-4-5-7-20(19)23-21(25)12-17-8-10-18(27-3)11-9-17/h4-11,15-16H,12-14H2,1-3H3,(H,23,25)/t15-,16-/m1/s1. The number of amides is 2. The number of benzene rings is 2. The Morgan fingerprint density at radius 1 is 1.07 bits per heavy atom. The summed E-state index contributed by atoms with van der Waals surface area (Å²) in [6.45, 7) is 4.99. The molecule has 1 saturated heterocycles. The molecular weight excluding hydrogens is 356 g/mol. The third-order valence-corrected chi connectivity index (χ3v) is 4.66. The van der Waals surface area contributed by atoms with Gasteiger partial charge in [0.2, 0.25) is 5.91 Å². The number of hydrogen-bond acceptors (Lipinski definition) is 4. The topological polar surface area (TPSA) is 67.9 Å². The van der Waals surface area contributed by atoms with Crippen LogP contribution in [0.3, 0.4) is 0 Å². The fourth-order valence-electron chi connectivity index (χ4n) is 3.42. The molecule has 6 nitrogen and oxygen atoms in total. The normalized spacial score (nSPS) is 19.2. The fraction of sp³-hybridized carbons (Fsp3) is 0.364. The Labute approximate surface area is 165 Å². The summed E-state index contributed by atoms with van der Waals surface area (Å²) >= 11 is 0. The van der Waals surface area contributed by atoms with Crippen LogP contribution in [0.2, 0.25) is 0 Å². The molecule has 0 aromatic heterocycles.